The molecule has 0 aliphatic carbocycles. The molecule has 2 aromatic rings. The maximum Gasteiger partial charge on any atom is 0.224 e. The number of carbonyl (C=O) groups excluding carboxylic acids is 2. The van der Waals surface area contributed by atoms with E-state index in [0.29, 0.717) is 16.7 Å². The van der Waals surface area contributed by atoms with Gasteiger partial charge >= 0.3 is 0 Å². The van der Waals surface area contributed by atoms with E-state index in [1.165, 1.54) is 17.8 Å². The Kier molecular flexibility index (Phi) is 7.30. The van der Waals surface area contributed by atoms with Crippen molar-refractivity contribution in [2.45, 2.75) is 33.1 Å². The molecule has 1 saturated heterocycles. The predicted molar refractivity (Wildman–Crippen MR) is 124 cm³/mol. The number of thiophene rings is 1. The third-order valence-corrected chi connectivity index (χ3v) is 6.60. The molecule has 1 aliphatic heterocycles. The molecule has 2 heterocycles. The van der Waals surface area contributed by atoms with E-state index in [4.69, 9.17) is 0 Å². The SMILES string of the molecule is C=C(c1cc(Br)ccc1NC(=O)CCC(=O)c1cccs1)N1C[C@H](C)C[C@H](C)C1. The second kappa shape index (κ2) is 9.72. The van der Waals surface area contributed by atoms with E-state index >= 15 is 0 Å². The molecule has 3 rings (SSSR count). The normalized spacial score (nSPS) is 19.1. The van der Waals surface area contributed by atoms with Gasteiger partial charge in [-0.1, -0.05) is 42.4 Å². The van der Waals surface area contributed by atoms with E-state index in [2.05, 4.69) is 46.6 Å². The number of nitrogens with zero attached hydrogens (tertiary/aromatic N) is 1. The molecule has 1 aromatic carbocycles. The number of Topliss-reactive ketones (excluding diaryl/α,β-unsaturated/α-hetero) is 1. The second-order valence-corrected chi connectivity index (χ2v) is 9.80. The summed E-state index contributed by atoms with van der Waals surface area (Å²) in [6, 6.07) is 9.44. The average Bonchev–Trinajstić information content (AvgIpc) is 3.21. The first-order valence-electron chi connectivity index (χ1n) is 9.93. The molecule has 1 aliphatic rings. The van der Waals surface area contributed by atoms with Crippen LogP contribution in [-0.4, -0.2) is 29.7 Å². The van der Waals surface area contributed by atoms with Gasteiger partial charge in [0, 0.05) is 41.7 Å². The van der Waals surface area contributed by atoms with E-state index in [1.54, 1.807) is 6.07 Å². The van der Waals surface area contributed by atoms with Gasteiger partial charge in [0.2, 0.25) is 5.91 Å². The fraction of sp³-hybridized carbons (Fsp3) is 0.391. The van der Waals surface area contributed by atoms with Crippen LogP contribution in [0.2, 0.25) is 0 Å². The van der Waals surface area contributed by atoms with Gasteiger partial charge < -0.3 is 10.2 Å². The highest BCUT2D eigenvalue weighted by Crippen LogP contribution is 2.33. The lowest BCUT2D eigenvalue weighted by atomic mass is 9.91. The van der Waals surface area contributed by atoms with E-state index in [0.717, 1.165) is 34.5 Å². The van der Waals surface area contributed by atoms with Gasteiger partial charge in [0.1, 0.15) is 0 Å². The molecule has 4 nitrogen and oxygen atoms in total. The smallest absolute Gasteiger partial charge is 0.224 e. The number of ketones is 1. The van der Waals surface area contributed by atoms with E-state index in [9.17, 15) is 9.59 Å². The zero-order valence-corrected chi connectivity index (χ0v) is 19.3. The molecule has 1 aromatic heterocycles. The first-order valence-corrected chi connectivity index (χ1v) is 11.6. The minimum absolute atomic E-state index is 0.00637. The van der Waals surface area contributed by atoms with Gasteiger partial charge in [0.15, 0.2) is 5.78 Å². The number of hydrogen-bond donors (Lipinski definition) is 1. The Morgan fingerprint density at radius 1 is 1.21 bits per heavy atom. The largest absolute Gasteiger partial charge is 0.371 e. The molecule has 0 bridgehead atoms. The molecule has 29 heavy (non-hydrogen) atoms. The van der Waals surface area contributed by atoms with Gasteiger partial charge in [-0.3, -0.25) is 9.59 Å². The van der Waals surface area contributed by atoms with Crippen LogP contribution in [0.5, 0.6) is 0 Å². The van der Waals surface area contributed by atoms with Crippen molar-refractivity contribution in [1.29, 1.82) is 0 Å². The zero-order chi connectivity index (χ0) is 21.0. The van der Waals surface area contributed by atoms with Crippen molar-refractivity contribution in [1.82, 2.24) is 4.90 Å². The Hall–Kier alpha value is -1.92. The molecule has 154 valence electrons. The highest BCUT2D eigenvalue weighted by Gasteiger charge is 2.24. The van der Waals surface area contributed by atoms with Crippen LogP contribution in [0.3, 0.4) is 0 Å². The molecule has 0 unspecified atom stereocenters. The summed E-state index contributed by atoms with van der Waals surface area (Å²) in [5, 5.41) is 4.86. The van der Waals surface area contributed by atoms with Crippen molar-refractivity contribution >= 4 is 50.3 Å². The number of piperidine rings is 1. The average molecular weight is 475 g/mol. The fourth-order valence-electron chi connectivity index (χ4n) is 3.92. The van der Waals surface area contributed by atoms with Gasteiger partial charge in [0.05, 0.1) is 10.6 Å². The van der Waals surface area contributed by atoms with Crippen LogP contribution in [0.25, 0.3) is 5.70 Å². The molecular formula is C23H27BrN2O2S. The first kappa shape index (κ1) is 21.8. The zero-order valence-electron chi connectivity index (χ0n) is 16.9. The quantitative estimate of drug-likeness (QED) is 0.495. The maximum absolute atomic E-state index is 12.5. The summed E-state index contributed by atoms with van der Waals surface area (Å²) in [6.45, 7) is 10.8. The number of anilines is 1. The van der Waals surface area contributed by atoms with Crippen LogP contribution < -0.4 is 5.32 Å². The highest BCUT2D eigenvalue weighted by atomic mass is 79.9. The number of benzene rings is 1. The van der Waals surface area contributed by atoms with Crippen LogP contribution in [-0.2, 0) is 4.79 Å². The summed E-state index contributed by atoms with van der Waals surface area (Å²) >= 11 is 4.94. The number of hydrogen-bond acceptors (Lipinski definition) is 4. The second-order valence-electron chi connectivity index (χ2n) is 7.94. The lowest BCUT2D eigenvalue weighted by Crippen LogP contribution is -2.37. The Balaban J connectivity index is 1.68. The molecule has 6 heteroatoms. The molecule has 1 N–H and O–H groups in total. The summed E-state index contributed by atoms with van der Waals surface area (Å²) in [5.41, 5.74) is 2.57. The third kappa shape index (κ3) is 5.80. The van der Waals surface area contributed by atoms with Crippen molar-refractivity contribution in [2.24, 2.45) is 11.8 Å². The van der Waals surface area contributed by atoms with Crippen LogP contribution in [0.1, 0.15) is 48.3 Å². The number of carbonyl (C=O) groups is 2. The van der Waals surface area contributed by atoms with Gasteiger partial charge in [-0.15, -0.1) is 11.3 Å². The van der Waals surface area contributed by atoms with Crippen molar-refractivity contribution in [3.05, 3.63) is 57.2 Å². The number of likely N-dealkylation sites (tertiary alicyclic amines) is 1. The summed E-state index contributed by atoms with van der Waals surface area (Å²) in [5.74, 6) is 1.08. The van der Waals surface area contributed by atoms with Gasteiger partial charge in [-0.05, 0) is 47.9 Å². The first-order chi connectivity index (χ1) is 13.8. The topological polar surface area (TPSA) is 49.4 Å². The molecular weight excluding hydrogens is 448 g/mol. The summed E-state index contributed by atoms with van der Waals surface area (Å²) in [6.07, 6.45) is 1.60. The summed E-state index contributed by atoms with van der Waals surface area (Å²) in [4.78, 5) is 27.7. The fourth-order valence-corrected chi connectivity index (χ4v) is 4.97. The Labute approximate surface area is 185 Å². The summed E-state index contributed by atoms with van der Waals surface area (Å²) < 4.78 is 0.942. The highest BCUT2D eigenvalue weighted by molar-refractivity contribution is 9.10. The molecule has 0 radical (unpaired) electrons. The lowest BCUT2D eigenvalue weighted by Gasteiger charge is -2.38. The third-order valence-electron chi connectivity index (χ3n) is 5.19. The van der Waals surface area contributed by atoms with Gasteiger partial charge in [-0.25, -0.2) is 0 Å². The molecule has 0 saturated carbocycles. The monoisotopic (exact) mass is 474 g/mol. The van der Waals surface area contributed by atoms with Crippen LogP contribution >= 0.6 is 27.3 Å². The van der Waals surface area contributed by atoms with E-state index in [1.807, 2.05) is 29.6 Å². The maximum atomic E-state index is 12.5. The lowest BCUT2D eigenvalue weighted by molar-refractivity contribution is -0.116. The number of halogens is 1. The standard InChI is InChI=1S/C23H27BrN2O2S/c1-15-11-16(2)14-26(13-15)17(3)19-12-18(24)6-7-20(19)25-23(28)9-8-21(27)22-5-4-10-29-22/h4-7,10,12,15-16H,3,8-9,11,13-14H2,1-2H3,(H,25,28)/t15-,16+. The van der Waals surface area contributed by atoms with Crippen molar-refractivity contribution < 1.29 is 9.59 Å². The van der Waals surface area contributed by atoms with Crippen LogP contribution in [0, 0.1) is 11.8 Å². The van der Waals surface area contributed by atoms with Gasteiger partial charge in [0.25, 0.3) is 0 Å². The van der Waals surface area contributed by atoms with Gasteiger partial charge in [-0.2, -0.15) is 0 Å². The Bertz CT molecular complexity index is 884. The minimum atomic E-state index is -0.161. The van der Waals surface area contributed by atoms with E-state index < -0.39 is 0 Å². The predicted octanol–water partition coefficient (Wildman–Crippen LogP) is 6.06. The number of rotatable bonds is 7. The number of nitrogens with one attached hydrogen (secondary N) is 1. The Morgan fingerprint density at radius 3 is 2.59 bits per heavy atom. The van der Waals surface area contributed by atoms with Crippen LogP contribution in [0.15, 0.2) is 46.8 Å². The van der Waals surface area contributed by atoms with Crippen LogP contribution in [0.4, 0.5) is 5.69 Å². The molecule has 1 fully saturated rings. The van der Waals surface area contributed by atoms with Crippen molar-refractivity contribution in [3.63, 3.8) is 0 Å². The molecule has 2 atom stereocenters. The van der Waals surface area contributed by atoms with Crippen molar-refractivity contribution in [2.75, 3.05) is 18.4 Å². The number of amides is 1. The minimum Gasteiger partial charge on any atom is -0.371 e. The molecule has 1 amide bonds. The Morgan fingerprint density at radius 2 is 1.93 bits per heavy atom. The van der Waals surface area contributed by atoms with Crippen molar-refractivity contribution in [3.8, 4) is 0 Å². The molecule has 0 spiro atoms. The summed E-state index contributed by atoms with van der Waals surface area (Å²) in [7, 11) is 0. The van der Waals surface area contributed by atoms with E-state index in [-0.39, 0.29) is 24.5 Å².